The van der Waals surface area contributed by atoms with Gasteiger partial charge in [0.2, 0.25) is 17.8 Å². The van der Waals surface area contributed by atoms with E-state index in [-0.39, 0.29) is 29.5 Å². The van der Waals surface area contributed by atoms with Crippen LogP contribution in [-0.2, 0) is 9.59 Å². The Labute approximate surface area is 210 Å². The molecular formula is C27H32N6O3. The Morgan fingerprint density at radius 3 is 2.33 bits per heavy atom. The van der Waals surface area contributed by atoms with Crippen molar-refractivity contribution < 1.29 is 9.59 Å². The molecule has 0 unspecified atom stereocenters. The van der Waals surface area contributed by atoms with Crippen molar-refractivity contribution in [3.8, 4) is 11.1 Å². The SMILES string of the molecule is CC(=O)N1CCC(Nc2ncc3cc(-c4ccccc4C)c(=O)n([C@@H]4CCN(C(C)=O)C4)c3n2)CC1. The minimum absolute atomic E-state index is 0.0128. The van der Waals surface area contributed by atoms with Crippen molar-refractivity contribution in [2.24, 2.45) is 0 Å². The fourth-order valence-corrected chi connectivity index (χ4v) is 5.36. The Hall–Kier alpha value is -3.75. The lowest BCUT2D eigenvalue weighted by atomic mass is 10.0. The molecule has 5 rings (SSSR count). The average molecular weight is 489 g/mol. The van der Waals surface area contributed by atoms with E-state index >= 15 is 0 Å². The number of aromatic nitrogens is 3. The monoisotopic (exact) mass is 488 g/mol. The van der Waals surface area contributed by atoms with E-state index in [1.807, 2.05) is 42.2 Å². The van der Waals surface area contributed by atoms with E-state index in [9.17, 15) is 14.4 Å². The molecule has 2 aromatic heterocycles. The summed E-state index contributed by atoms with van der Waals surface area (Å²) in [5.41, 5.74) is 2.99. The van der Waals surface area contributed by atoms with E-state index in [1.54, 1.807) is 29.5 Å². The summed E-state index contributed by atoms with van der Waals surface area (Å²) in [5, 5.41) is 4.20. The van der Waals surface area contributed by atoms with Crippen LogP contribution in [0.3, 0.4) is 0 Å². The Morgan fingerprint density at radius 2 is 1.67 bits per heavy atom. The first-order valence-corrected chi connectivity index (χ1v) is 12.6. The summed E-state index contributed by atoms with van der Waals surface area (Å²) >= 11 is 0. The lowest BCUT2D eigenvalue weighted by Gasteiger charge is -2.31. The predicted molar refractivity (Wildman–Crippen MR) is 139 cm³/mol. The second-order valence-electron chi connectivity index (χ2n) is 9.85. The topological polar surface area (TPSA) is 100 Å². The highest BCUT2D eigenvalue weighted by Crippen LogP contribution is 2.28. The number of nitrogens with zero attached hydrogens (tertiary/aromatic N) is 5. The molecule has 9 nitrogen and oxygen atoms in total. The standard InChI is InChI=1S/C27H32N6O3/c1-17-6-4-5-7-23(17)24-14-20-15-28-27(29-21-8-11-31(12-9-21)18(2)34)30-25(20)33(26(24)36)22-10-13-32(16-22)19(3)35/h4-7,14-15,21-22H,8-13,16H2,1-3H3,(H,28,29,30)/t22-/m1/s1. The van der Waals surface area contributed by atoms with Crippen LogP contribution in [0.1, 0.15) is 44.7 Å². The number of benzene rings is 1. The van der Waals surface area contributed by atoms with Gasteiger partial charge in [0, 0.05) is 63.2 Å². The number of pyridine rings is 1. The van der Waals surface area contributed by atoms with Gasteiger partial charge in [0.1, 0.15) is 5.65 Å². The molecule has 1 atom stereocenters. The van der Waals surface area contributed by atoms with Gasteiger partial charge in [-0.15, -0.1) is 0 Å². The van der Waals surface area contributed by atoms with Crippen LogP contribution in [0.25, 0.3) is 22.2 Å². The molecule has 3 aromatic rings. The highest BCUT2D eigenvalue weighted by molar-refractivity contribution is 5.82. The molecule has 0 spiro atoms. The number of aryl methyl sites for hydroxylation is 1. The van der Waals surface area contributed by atoms with Crippen LogP contribution >= 0.6 is 0 Å². The molecule has 2 fully saturated rings. The smallest absolute Gasteiger partial charge is 0.260 e. The summed E-state index contributed by atoms with van der Waals surface area (Å²) in [6.07, 6.45) is 4.10. The van der Waals surface area contributed by atoms with Crippen LogP contribution in [0.5, 0.6) is 0 Å². The Morgan fingerprint density at radius 1 is 0.972 bits per heavy atom. The van der Waals surface area contributed by atoms with Crippen molar-refractivity contribution in [3.05, 3.63) is 52.4 Å². The normalized spacial score (nSPS) is 18.6. The maximum absolute atomic E-state index is 13.9. The van der Waals surface area contributed by atoms with Crippen molar-refractivity contribution in [2.45, 2.75) is 52.1 Å². The Bertz CT molecular complexity index is 1380. The summed E-state index contributed by atoms with van der Waals surface area (Å²) in [4.78, 5) is 50.6. The van der Waals surface area contributed by atoms with Crippen molar-refractivity contribution in [1.29, 1.82) is 0 Å². The van der Waals surface area contributed by atoms with Gasteiger partial charge >= 0.3 is 0 Å². The van der Waals surface area contributed by atoms with E-state index in [4.69, 9.17) is 4.98 Å². The first kappa shape index (κ1) is 24.0. The number of likely N-dealkylation sites (tertiary alicyclic amines) is 2. The van der Waals surface area contributed by atoms with Gasteiger partial charge < -0.3 is 15.1 Å². The zero-order valence-electron chi connectivity index (χ0n) is 21.0. The number of amides is 2. The van der Waals surface area contributed by atoms with Gasteiger partial charge in [0.25, 0.3) is 5.56 Å². The van der Waals surface area contributed by atoms with Gasteiger partial charge in [-0.3, -0.25) is 19.0 Å². The molecule has 36 heavy (non-hydrogen) atoms. The number of rotatable bonds is 4. The van der Waals surface area contributed by atoms with Crippen molar-refractivity contribution in [1.82, 2.24) is 24.3 Å². The van der Waals surface area contributed by atoms with E-state index < -0.39 is 0 Å². The number of anilines is 1. The minimum Gasteiger partial charge on any atom is -0.351 e. The van der Waals surface area contributed by atoms with Crippen LogP contribution < -0.4 is 10.9 Å². The number of hydrogen-bond donors (Lipinski definition) is 1. The summed E-state index contributed by atoms with van der Waals surface area (Å²) in [6, 6.07) is 9.73. The zero-order valence-corrected chi connectivity index (χ0v) is 21.0. The summed E-state index contributed by atoms with van der Waals surface area (Å²) in [6.45, 7) is 7.67. The van der Waals surface area contributed by atoms with Crippen LogP contribution in [0.2, 0.25) is 0 Å². The highest BCUT2D eigenvalue weighted by atomic mass is 16.2. The number of carbonyl (C=O) groups excluding carboxylic acids is 2. The van der Waals surface area contributed by atoms with E-state index in [2.05, 4.69) is 10.3 Å². The third-order valence-corrected chi connectivity index (χ3v) is 7.46. The molecule has 2 aliphatic rings. The maximum Gasteiger partial charge on any atom is 0.260 e. The molecule has 188 valence electrons. The van der Waals surface area contributed by atoms with Gasteiger partial charge in [-0.1, -0.05) is 24.3 Å². The van der Waals surface area contributed by atoms with E-state index in [0.29, 0.717) is 49.8 Å². The summed E-state index contributed by atoms with van der Waals surface area (Å²) in [7, 11) is 0. The van der Waals surface area contributed by atoms with Gasteiger partial charge in [-0.05, 0) is 43.4 Å². The molecular weight excluding hydrogens is 456 g/mol. The van der Waals surface area contributed by atoms with Gasteiger partial charge in [0.15, 0.2) is 0 Å². The fraction of sp³-hybridized carbons (Fsp3) is 0.444. The van der Waals surface area contributed by atoms with Crippen LogP contribution in [0.15, 0.2) is 41.3 Å². The molecule has 0 bridgehead atoms. The first-order valence-electron chi connectivity index (χ1n) is 12.6. The number of piperidine rings is 1. The highest BCUT2D eigenvalue weighted by Gasteiger charge is 2.29. The van der Waals surface area contributed by atoms with Crippen LogP contribution in [-0.4, -0.2) is 68.4 Å². The quantitative estimate of drug-likeness (QED) is 0.606. The summed E-state index contributed by atoms with van der Waals surface area (Å²) in [5.74, 6) is 0.584. The second-order valence-corrected chi connectivity index (χ2v) is 9.85. The molecule has 1 N–H and O–H groups in total. The largest absolute Gasteiger partial charge is 0.351 e. The molecule has 9 heteroatoms. The van der Waals surface area contributed by atoms with Crippen molar-refractivity contribution in [2.75, 3.05) is 31.5 Å². The Kier molecular flexibility index (Phi) is 6.47. The van der Waals surface area contributed by atoms with Gasteiger partial charge in [-0.2, -0.15) is 4.98 Å². The molecule has 1 aromatic carbocycles. The Balaban J connectivity index is 1.55. The van der Waals surface area contributed by atoms with E-state index in [0.717, 1.165) is 29.4 Å². The first-order chi connectivity index (χ1) is 17.3. The van der Waals surface area contributed by atoms with E-state index in [1.165, 1.54) is 0 Å². The zero-order chi connectivity index (χ0) is 25.4. The average Bonchev–Trinajstić information content (AvgIpc) is 3.35. The van der Waals surface area contributed by atoms with Crippen LogP contribution in [0.4, 0.5) is 5.95 Å². The number of hydrogen-bond acceptors (Lipinski definition) is 6. The molecule has 0 radical (unpaired) electrons. The number of nitrogens with one attached hydrogen (secondary N) is 1. The summed E-state index contributed by atoms with van der Waals surface area (Å²) < 4.78 is 1.77. The lowest BCUT2D eigenvalue weighted by Crippen LogP contribution is -2.41. The molecule has 4 heterocycles. The third-order valence-electron chi connectivity index (χ3n) is 7.46. The molecule has 2 aliphatic heterocycles. The van der Waals surface area contributed by atoms with Crippen molar-refractivity contribution >= 4 is 28.8 Å². The lowest BCUT2D eigenvalue weighted by molar-refractivity contribution is -0.130. The predicted octanol–water partition coefficient (Wildman–Crippen LogP) is 2.98. The molecule has 2 saturated heterocycles. The molecule has 2 amide bonds. The third kappa shape index (κ3) is 4.57. The van der Waals surface area contributed by atoms with Crippen LogP contribution in [0, 0.1) is 6.92 Å². The van der Waals surface area contributed by atoms with Crippen molar-refractivity contribution in [3.63, 3.8) is 0 Å². The maximum atomic E-state index is 13.9. The fourth-order valence-electron chi connectivity index (χ4n) is 5.36. The number of fused-ring (bicyclic) bond motifs is 1. The second kappa shape index (κ2) is 9.72. The van der Waals surface area contributed by atoms with Gasteiger partial charge in [-0.25, -0.2) is 4.98 Å². The number of carbonyl (C=O) groups is 2. The molecule has 0 saturated carbocycles. The molecule has 0 aliphatic carbocycles. The van der Waals surface area contributed by atoms with Gasteiger partial charge in [0.05, 0.1) is 6.04 Å². The minimum atomic E-state index is -0.158.